The molecule has 0 spiro atoms. The zero-order valence-corrected chi connectivity index (χ0v) is 12.8. The number of amides is 1. The van der Waals surface area contributed by atoms with Crippen molar-refractivity contribution in [3.8, 4) is 5.75 Å². The average Bonchev–Trinajstić information content (AvgIpc) is 2.41. The summed E-state index contributed by atoms with van der Waals surface area (Å²) in [5.41, 5.74) is 6.74. The van der Waals surface area contributed by atoms with Gasteiger partial charge in [-0.3, -0.25) is 9.00 Å². The fourth-order valence-electron chi connectivity index (χ4n) is 1.70. The van der Waals surface area contributed by atoms with Gasteiger partial charge in [-0.2, -0.15) is 0 Å². The Morgan fingerprint density at radius 2 is 2.15 bits per heavy atom. The van der Waals surface area contributed by atoms with Gasteiger partial charge in [-0.15, -0.1) is 0 Å². The second-order valence-corrected chi connectivity index (χ2v) is 6.07. The number of nitrogens with two attached hydrogens (primary N) is 1. The van der Waals surface area contributed by atoms with E-state index in [1.165, 1.54) is 0 Å². The van der Waals surface area contributed by atoms with Crippen LogP contribution >= 0.6 is 0 Å². The topological polar surface area (TPSA) is 81.4 Å². The van der Waals surface area contributed by atoms with Gasteiger partial charge >= 0.3 is 0 Å². The smallest absolute Gasteiger partial charge is 0.237 e. The molecule has 20 heavy (non-hydrogen) atoms. The molecule has 1 amide bonds. The van der Waals surface area contributed by atoms with Gasteiger partial charge in [0.15, 0.2) is 0 Å². The Morgan fingerprint density at radius 3 is 2.75 bits per heavy atom. The van der Waals surface area contributed by atoms with E-state index < -0.39 is 10.8 Å². The van der Waals surface area contributed by atoms with E-state index in [1.54, 1.807) is 25.3 Å². The van der Waals surface area contributed by atoms with Crippen molar-refractivity contribution >= 4 is 28.1 Å². The minimum absolute atomic E-state index is 0.00911. The molecular formula is C14H22N2O3S. The van der Waals surface area contributed by atoms with Gasteiger partial charge < -0.3 is 15.8 Å². The van der Waals surface area contributed by atoms with Crippen LogP contribution < -0.4 is 15.8 Å². The van der Waals surface area contributed by atoms with Crippen molar-refractivity contribution in [3.63, 3.8) is 0 Å². The predicted molar refractivity (Wildman–Crippen MR) is 83.4 cm³/mol. The molecule has 0 radical (unpaired) electrons. The zero-order valence-electron chi connectivity index (χ0n) is 12.0. The van der Waals surface area contributed by atoms with Crippen LogP contribution in [0.3, 0.4) is 0 Å². The van der Waals surface area contributed by atoms with E-state index in [-0.39, 0.29) is 11.7 Å². The quantitative estimate of drug-likeness (QED) is 0.569. The first-order valence-corrected chi connectivity index (χ1v) is 8.14. The van der Waals surface area contributed by atoms with Gasteiger partial charge in [-0.05, 0) is 18.6 Å². The molecule has 1 atom stereocenters. The number of nitrogens with one attached hydrogen (secondary N) is 1. The Kier molecular flexibility index (Phi) is 7.08. The number of hydrogen-bond acceptors (Lipinski definition) is 4. The summed E-state index contributed by atoms with van der Waals surface area (Å²) in [6, 6.07) is 5.02. The lowest BCUT2D eigenvalue weighted by Gasteiger charge is -2.09. The zero-order chi connectivity index (χ0) is 15.0. The van der Waals surface area contributed by atoms with Crippen LogP contribution in [0.15, 0.2) is 18.2 Å². The van der Waals surface area contributed by atoms with Crippen molar-refractivity contribution in [3.05, 3.63) is 18.2 Å². The van der Waals surface area contributed by atoms with E-state index in [0.29, 0.717) is 22.9 Å². The van der Waals surface area contributed by atoms with Crippen molar-refractivity contribution < 1.29 is 13.7 Å². The molecule has 3 N–H and O–H groups in total. The molecule has 1 aromatic rings. The third-order valence-electron chi connectivity index (χ3n) is 2.80. The number of hydrogen-bond donors (Lipinski definition) is 2. The monoisotopic (exact) mass is 298 g/mol. The fraction of sp³-hybridized carbons (Fsp3) is 0.500. The first-order valence-electron chi connectivity index (χ1n) is 6.65. The summed E-state index contributed by atoms with van der Waals surface area (Å²) in [7, 11) is 0.433. The Balaban J connectivity index is 2.48. The van der Waals surface area contributed by atoms with E-state index >= 15 is 0 Å². The third kappa shape index (κ3) is 5.61. The second kappa shape index (κ2) is 8.58. The molecule has 0 aliphatic heterocycles. The molecule has 5 nitrogen and oxygen atoms in total. The maximum Gasteiger partial charge on any atom is 0.237 e. The van der Waals surface area contributed by atoms with Crippen LogP contribution in [0.5, 0.6) is 5.75 Å². The van der Waals surface area contributed by atoms with E-state index in [9.17, 15) is 9.00 Å². The van der Waals surface area contributed by atoms with Crippen molar-refractivity contribution in [2.75, 3.05) is 29.7 Å². The Morgan fingerprint density at radius 1 is 1.40 bits per heavy atom. The molecule has 0 aliphatic carbocycles. The summed E-state index contributed by atoms with van der Waals surface area (Å²) in [5.74, 6) is 0.925. The van der Waals surface area contributed by atoms with Crippen LogP contribution in [-0.4, -0.2) is 28.7 Å². The van der Waals surface area contributed by atoms with Gasteiger partial charge in [-0.1, -0.05) is 19.8 Å². The van der Waals surface area contributed by atoms with Gasteiger partial charge in [0.25, 0.3) is 0 Å². The Hall–Kier alpha value is -1.56. The van der Waals surface area contributed by atoms with Crippen LogP contribution in [0, 0.1) is 0 Å². The summed E-state index contributed by atoms with van der Waals surface area (Å²) < 4.78 is 16.7. The number of rotatable bonds is 8. The van der Waals surface area contributed by atoms with E-state index in [0.717, 1.165) is 19.3 Å². The van der Waals surface area contributed by atoms with E-state index in [2.05, 4.69) is 12.2 Å². The highest BCUT2D eigenvalue weighted by Gasteiger charge is 2.10. The van der Waals surface area contributed by atoms with Crippen LogP contribution in [0.4, 0.5) is 11.4 Å². The summed E-state index contributed by atoms with van der Waals surface area (Å²) in [5, 5.41) is 2.67. The maximum atomic E-state index is 11.8. The lowest BCUT2D eigenvalue weighted by atomic mass is 10.2. The average molecular weight is 298 g/mol. The number of carbonyl (C=O) groups is 1. The van der Waals surface area contributed by atoms with Gasteiger partial charge in [0, 0.05) is 22.6 Å². The second-order valence-electron chi connectivity index (χ2n) is 4.50. The molecule has 1 rings (SSSR count). The van der Waals surface area contributed by atoms with Crippen LogP contribution in [-0.2, 0) is 15.6 Å². The number of methoxy groups -OCH3 is 1. The Bertz CT molecular complexity index is 477. The van der Waals surface area contributed by atoms with Gasteiger partial charge in [0.1, 0.15) is 11.5 Å². The van der Waals surface area contributed by atoms with Crippen LogP contribution in [0.2, 0.25) is 0 Å². The van der Waals surface area contributed by atoms with E-state index in [4.69, 9.17) is 10.5 Å². The molecule has 0 bridgehead atoms. The highest BCUT2D eigenvalue weighted by Crippen LogP contribution is 2.23. The summed E-state index contributed by atoms with van der Waals surface area (Å²) in [6.07, 6.45) is 3.01. The number of ether oxygens (including phenoxy) is 1. The maximum absolute atomic E-state index is 11.8. The highest BCUT2D eigenvalue weighted by molar-refractivity contribution is 7.85. The van der Waals surface area contributed by atoms with Crippen molar-refractivity contribution in [2.24, 2.45) is 0 Å². The molecule has 112 valence electrons. The SMILES string of the molecule is CCCCCS(=O)CC(=O)Nc1ccc(OC)cc1N. The normalized spacial score (nSPS) is 11.9. The summed E-state index contributed by atoms with van der Waals surface area (Å²) in [6.45, 7) is 2.09. The van der Waals surface area contributed by atoms with Crippen molar-refractivity contribution in [1.82, 2.24) is 0 Å². The number of unbranched alkanes of at least 4 members (excludes halogenated alkanes) is 2. The fourth-order valence-corrected chi connectivity index (χ4v) is 2.73. The standard InChI is InChI=1S/C14H22N2O3S/c1-3-4-5-8-20(18)10-14(17)16-13-7-6-11(19-2)9-12(13)15/h6-7,9H,3-5,8,10,15H2,1-2H3,(H,16,17). The molecule has 0 aliphatic rings. The Labute approximate surface area is 122 Å². The first kappa shape index (κ1) is 16.5. The van der Waals surface area contributed by atoms with Crippen LogP contribution in [0.1, 0.15) is 26.2 Å². The van der Waals surface area contributed by atoms with Crippen molar-refractivity contribution in [2.45, 2.75) is 26.2 Å². The van der Waals surface area contributed by atoms with Gasteiger partial charge in [0.05, 0.1) is 18.5 Å². The molecule has 0 heterocycles. The number of benzene rings is 1. The van der Waals surface area contributed by atoms with Crippen LogP contribution in [0.25, 0.3) is 0 Å². The van der Waals surface area contributed by atoms with E-state index in [1.807, 2.05) is 0 Å². The van der Waals surface area contributed by atoms with Gasteiger partial charge in [0.2, 0.25) is 5.91 Å². The first-order chi connectivity index (χ1) is 9.56. The minimum atomic E-state index is -1.12. The summed E-state index contributed by atoms with van der Waals surface area (Å²) >= 11 is 0. The molecular weight excluding hydrogens is 276 g/mol. The molecule has 0 fully saturated rings. The minimum Gasteiger partial charge on any atom is -0.497 e. The summed E-state index contributed by atoms with van der Waals surface area (Å²) in [4.78, 5) is 11.8. The molecule has 6 heteroatoms. The lowest BCUT2D eigenvalue weighted by Crippen LogP contribution is -2.21. The number of anilines is 2. The third-order valence-corrected chi connectivity index (χ3v) is 4.13. The van der Waals surface area contributed by atoms with Gasteiger partial charge in [-0.25, -0.2) is 0 Å². The number of nitrogen functional groups attached to an aromatic ring is 1. The molecule has 1 unspecified atom stereocenters. The highest BCUT2D eigenvalue weighted by atomic mass is 32.2. The van der Waals surface area contributed by atoms with Crippen molar-refractivity contribution in [1.29, 1.82) is 0 Å². The molecule has 0 aromatic heterocycles. The molecule has 0 saturated heterocycles. The lowest BCUT2D eigenvalue weighted by molar-refractivity contribution is -0.113. The predicted octanol–water partition coefficient (Wildman–Crippen LogP) is 2.15. The molecule has 1 aromatic carbocycles. The largest absolute Gasteiger partial charge is 0.497 e. The number of carbonyl (C=O) groups excluding carboxylic acids is 1. The molecule has 0 saturated carbocycles.